The Hall–Kier alpha value is -2.77. The third-order valence-electron chi connectivity index (χ3n) is 4.83. The Morgan fingerprint density at radius 2 is 1.91 bits per heavy atom. The number of aliphatic imine (C=N–C) groups is 1. The lowest BCUT2D eigenvalue weighted by Crippen LogP contribution is -1.98. The van der Waals surface area contributed by atoms with Gasteiger partial charge >= 0.3 is 7.60 Å². The molecule has 0 fully saturated rings. The maximum Gasteiger partial charge on any atom is 0.335 e. The number of benzene rings is 1. The van der Waals surface area contributed by atoms with Crippen LogP contribution in [0.15, 0.2) is 58.3 Å². The zero-order valence-electron chi connectivity index (χ0n) is 17.8. The molecule has 0 unspecified atom stereocenters. The van der Waals surface area contributed by atoms with Crippen molar-refractivity contribution in [3.63, 3.8) is 0 Å². The molecular weight excluding hydrogens is 445 g/mol. The van der Waals surface area contributed by atoms with Gasteiger partial charge in [0.1, 0.15) is 5.65 Å². The van der Waals surface area contributed by atoms with Crippen molar-refractivity contribution >= 4 is 41.9 Å². The molecule has 0 aliphatic carbocycles. The van der Waals surface area contributed by atoms with Crippen LogP contribution in [-0.2, 0) is 19.8 Å². The Morgan fingerprint density at radius 1 is 1.16 bits per heavy atom. The van der Waals surface area contributed by atoms with Crippen molar-refractivity contribution in [1.29, 1.82) is 0 Å². The molecule has 166 valence electrons. The van der Waals surface area contributed by atoms with Crippen LogP contribution in [0.3, 0.4) is 0 Å². The highest BCUT2D eigenvalue weighted by molar-refractivity contribution is 7.53. The zero-order valence-corrected chi connectivity index (χ0v) is 19.5. The number of nitrogens with zero attached hydrogens (tertiary/aromatic N) is 2. The summed E-state index contributed by atoms with van der Waals surface area (Å²) in [6, 6.07) is 11.4. The number of H-pyrrole nitrogens is 1. The van der Waals surface area contributed by atoms with Gasteiger partial charge in [-0.3, -0.25) is 9.56 Å². The Kier molecular flexibility index (Phi) is 6.86. The molecule has 0 radical (unpaired) electrons. The third-order valence-corrected chi connectivity index (χ3v) is 7.57. The fraction of sp³-hybridized carbons (Fsp3) is 0.217. The molecule has 2 N–H and O–H groups in total. The first-order chi connectivity index (χ1) is 15.5. The average molecular weight is 470 g/mol. The van der Waals surface area contributed by atoms with Crippen molar-refractivity contribution in [1.82, 2.24) is 9.97 Å². The summed E-state index contributed by atoms with van der Waals surface area (Å²) in [5.74, 6) is 0.0182. The number of fused-ring (bicyclic) bond motifs is 1. The number of hydrogen-bond acceptors (Lipinski definition) is 7. The standard InChI is InChI=1S/C23H24N3O4PS/c1-3-29-31(28,30-4-2)14-16-5-7-19(8-6-16)24-13-21-20-11-18(17-9-10-32-15-17)12-25-22(20)26-23(21)27/h5-13,15,27H,3-4,14H2,1-2H3,(H,25,26). The van der Waals surface area contributed by atoms with Gasteiger partial charge in [-0.25, -0.2) is 4.98 Å². The van der Waals surface area contributed by atoms with Gasteiger partial charge in [0.15, 0.2) is 5.88 Å². The summed E-state index contributed by atoms with van der Waals surface area (Å²) in [5, 5.41) is 15.2. The summed E-state index contributed by atoms with van der Waals surface area (Å²) >= 11 is 1.62. The monoisotopic (exact) mass is 469 g/mol. The molecule has 0 amide bonds. The first-order valence-corrected chi connectivity index (χ1v) is 12.9. The molecule has 3 aromatic heterocycles. The lowest BCUT2D eigenvalue weighted by Gasteiger charge is -2.16. The van der Waals surface area contributed by atoms with Crippen LogP contribution in [0.2, 0.25) is 0 Å². The van der Waals surface area contributed by atoms with E-state index in [0.29, 0.717) is 30.1 Å². The summed E-state index contributed by atoms with van der Waals surface area (Å²) in [5.41, 5.74) is 4.78. The number of aromatic amines is 1. The van der Waals surface area contributed by atoms with Crippen LogP contribution in [0.25, 0.3) is 22.2 Å². The van der Waals surface area contributed by atoms with Crippen LogP contribution in [0.1, 0.15) is 25.0 Å². The van der Waals surface area contributed by atoms with Crippen molar-refractivity contribution in [2.45, 2.75) is 20.0 Å². The first-order valence-electron chi connectivity index (χ1n) is 10.3. The van der Waals surface area contributed by atoms with Crippen molar-refractivity contribution in [2.24, 2.45) is 4.99 Å². The molecule has 4 aromatic rings. The van der Waals surface area contributed by atoms with Gasteiger partial charge in [-0.2, -0.15) is 11.3 Å². The van der Waals surface area contributed by atoms with Gasteiger partial charge in [-0.1, -0.05) is 12.1 Å². The molecule has 0 spiro atoms. The van der Waals surface area contributed by atoms with E-state index in [1.807, 2.05) is 41.8 Å². The summed E-state index contributed by atoms with van der Waals surface area (Å²) < 4.78 is 23.4. The SMILES string of the molecule is CCOP(=O)(Cc1ccc(N=Cc2c(O)[nH]c3ncc(-c4ccsc4)cc23)cc1)OCC. The predicted octanol–water partition coefficient (Wildman–Crippen LogP) is 6.51. The molecule has 0 aliphatic rings. The number of rotatable bonds is 9. The Bertz CT molecular complexity index is 1260. The average Bonchev–Trinajstić information content (AvgIpc) is 3.41. The minimum Gasteiger partial charge on any atom is -0.494 e. The van der Waals surface area contributed by atoms with Crippen LogP contribution in [-0.4, -0.2) is 34.5 Å². The van der Waals surface area contributed by atoms with Crippen LogP contribution in [0, 0.1) is 0 Å². The molecule has 3 heterocycles. The highest BCUT2D eigenvalue weighted by Crippen LogP contribution is 2.51. The van der Waals surface area contributed by atoms with Crippen molar-refractivity contribution in [2.75, 3.05) is 13.2 Å². The molecule has 0 aliphatic heterocycles. The highest BCUT2D eigenvalue weighted by atomic mass is 32.1. The summed E-state index contributed by atoms with van der Waals surface area (Å²) in [7, 11) is -3.15. The van der Waals surface area contributed by atoms with E-state index in [1.165, 1.54) is 0 Å². The van der Waals surface area contributed by atoms with Crippen molar-refractivity contribution in [3.8, 4) is 17.0 Å². The van der Waals surface area contributed by atoms with E-state index < -0.39 is 7.60 Å². The molecule has 0 bridgehead atoms. The van der Waals surface area contributed by atoms with Crippen LogP contribution in [0.5, 0.6) is 5.88 Å². The molecule has 0 atom stereocenters. The van der Waals surface area contributed by atoms with Gasteiger partial charge in [-0.15, -0.1) is 0 Å². The van der Waals surface area contributed by atoms with Gasteiger partial charge in [0.05, 0.1) is 30.6 Å². The van der Waals surface area contributed by atoms with E-state index in [-0.39, 0.29) is 12.0 Å². The molecule has 7 nitrogen and oxygen atoms in total. The molecule has 9 heteroatoms. The maximum atomic E-state index is 12.7. The number of aromatic nitrogens is 2. The Morgan fingerprint density at radius 3 is 2.56 bits per heavy atom. The molecule has 0 saturated carbocycles. The van der Waals surface area contributed by atoms with Gasteiger partial charge in [-0.05, 0) is 60.0 Å². The zero-order chi connectivity index (χ0) is 22.6. The highest BCUT2D eigenvalue weighted by Gasteiger charge is 2.23. The second kappa shape index (κ2) is 9.79. The quantitative estimate of drug-likeness (QED) is 0.215. The minimum absolute atomic E-state index is 0.0182. The Balaban J connectivity index is 1.56. The third kappa shape index (κ3) is 5.00. The van der Waals surface area contributed by atoms with Gasteiger partial charge in [0.2, 0.25) is 0 Å². The number of nitrogens with one attached hydrogen (secondary N) is 1. The summed E-state index contributed by atoms with van der Waals surface area (Å²) in [4.78, 5) is 11.8. The molecule has 4 rings (SSSR count). The number of aromatic hydroxyl groups is 1. The van der Waals surface area contributed by atoms with E-state index in [2.05, 4.69) is 20.3 Å². The summed E-state index contributed by atoms with van der Waals surface area (Å²) in [6.45, 7) is 4.25. The molecule has 0 saturated heterocycles. The van der Waals surface area contributed by atoms with E-state index in [0.717, 1.165) is 22.1 Å². The lowest BCUT2D eigenvalue weighted by molar-refractivity contribution is 0.219. The van der Waals surface area contributed by atoms with E-state index in [9.17, 15) is 9.67 Å². The first kappa shape index (κ1) is 22.4. The fourth-order valence-electron chi connectivity index (χ4n) is 3.37. The number of hydrogen-bond donors (Lipinski definition) is 2. The van der Waals surface area contributed by atoms with E-state index in [1.54, 1.807) is 37.6 Å². The normalized spacial score (nSPS) is 12.2. The van der Waals surface area contributed by atoms with Crippen LogP contribution in [0.4, 0.5) is 5.69 Å². The van der Waals surface area contributed by atoms with Crippen molar-refractivity contribution < 1.29 is 18.7 Å². The lowest BCUT2D eigenvalue weighted by atomic mass is 10.1. The minimum atomic E-state index is -3.15. The largest absolute Gasteiger partial charge is 0.494 e. The number of thiophene rings is 1. The van der Waals surface area contributed by atoms with Gasteiger partial charge < -0.3 is 19.1 Å². The molecule has 1 aromatic carbocycles. The van der Waals surface area contributed by atoms with E-state index in [4.69, 9.17) is 9.05 Å². The van der Waals surface area contributed by atoms with Crippen LogP contribution < -0.4 is 0 Å². The van der Waals surface area contributed by atoms with Gasteiger partial charge in [0, 0.05) is 23.4 Å². The topological polar surface area (TPSA) is 96.8 Å². The Labute approximate surface area is 190 Å². The molecule has 32 heavy (non-hydrogen) atoms. The maximum absolute atomic E-state index is 12.7. The van der Waals surface area contributed by atoms with Gasteiger partial charge in [0.25, 0.3) is 0 Å². The molecular formula is C23H24N3O4PS. The van der Waals surface area contributed by atoms with Crippen molar-refractivity contribution in [3.05, 3.63) is 64.5 Å². The van der Waals surface area contributed by atoms with Crippen LogP contribution >= 0.6 is 18.9 Å². The second-order valence-corrected chi connectivity index (χ2v) is 9.88. The summed E-state index contributed by atoms with van der Waals surface area (Å²) in [6.07, 6.45) is 3.61. The van der Waals surface area contributed by atoms with E-state index >= 15 is 0 Å². The fourth-order valence-corrected chi connectivity index (χ4v) is 5.73. The smallest absolute Gasteiger partial charge is 0.335 e. The predicted molar refractivity (Wildman–Crippen MR) is 129 cm³/mol. The number of pyridine rings is 1. The second-order valence-electron chi connectivity index (χ2n) is 7.05.